The molecule has 0 saturated carbocycles. The summed E-state index contributed by atoms with van der Waals surface area (Å²) in [7, 11) is 1.54. The van der Waals surface area contributed by atoms with Crippen LogP contribution in [0.15, 0.2) is 36.4 Å². The number of hydrogen-bond acceptors (Lipinski definition) is 5. The van der Waals surface area contributed by atoms with Crippen LogP contribution in [0.25, 0.3) is 0 Å². The quantitative estimate of drug-likeness (QED) is 0.603. The number of rotatable bonds is 5. The van der Waals surface area contributed by atoms with Crippen molar-refractivity contribution in [2.24, 2.45) is 0 Å². The minimum atomic E-state index is -0.502. The van der Waals surface area contributed by atoms with Crippen LogP contribution in [0, 0.1) is 21.7 Å². The predicted molar refractivity (Wildman–Crippen MR) is 93.5 cm³/mol. The molecule has 0 N–H and O–H groups in total. The molecule has 1 aliphatic rings. The highest BCUT2D eigenvalue weighted by atomic mass is 19.1. The number of piperazine rings is 1. The van der Waals surface area contributed by atoms with Gasteiger partial charge in [-0.3, -0.25) is 15.0 Å². The van der Waals surface area contributed by atoms with Gasteiger partial charge in [0.2, 0.25) is 0 Å². The minimum Gasteiger partial charge on any atom is -0.496 e. The Morgan fingerprint density at radius 1 is 1.08 bits per heavy atom. The lowest BCUT2D eigenvalue weighted by Gasteiger charge is -2.36. The molecule has 1 fully saturated rings. The molecule has 0 atom stereocenters. The van der Waals surface area contributed by atoms with Gasteiger partial charge in [-0.05, 0) is 24.3 Å². The van der Waals surface area contributed by atoms with Crippen molar-refractivity contribution < 1.29 is 18.4 Å². The van der Waals surface area contributed by atoms with E-state index in [1.54, 1.807) is 11.0 Å². The van der Waals surface area contributed by atoms with E-state index in [9.17, 15) is 18.9 Å². The highest BCUT2D eigenvalue weighted by Crippen LogP contribution is 2.30. The molecular formula is C18H19F2N3O3. The van der Waals surface area contributed by atoms with Crippen molar-refractivity contribution in [1.82, 2.24) is 4.90 Å². The summed E-state index contributed by atoms with van der Waals surface area (Å²) in [5.41, 5.74) is 0.933. The average molecular weight is 363 g/mol. The lowest BCUT2D eigenvalue weighted by atomic mass is 10.1. The zero-order valence-corrected chi connectivity index (χ0v) is 14.3. The maximum absolute atomic E-state index is 13.5. The number of benzene rings is 2. The van der Waals surface area contributed by atoms with Crippen LogP contribution in [0.1, 0.15) is 5.56 Å². The molecule has 0 amide bonds. The molecule has 1 saturated heterocycles. The third-order valence-corrected chi connectivity index (χ3v) is 4.48. The van der Waals surface area contributed by atoms with Crippen LogP contribution >= 0.6 is 0 Å². The molecule has 26 heavy (non-hydrogen) atoms. The largest absolute Gasteiger partial charge is 0.496 e. The number of nitro benzene ring substituents is 1. The van der Waals surface area contributed by atoms with Crippen molar-refractivity contribution in [3.8, 4) is 5.75 Å². The second-order valence-corrected chi connectivity index (χ2v) is 6.11. The van der Waals surface area contributed by atoms with Crippen LogP contribution in [-0.4, -0.2) is 43.1 Å². The lowest BCUT2D eigenvalue weighted by Crippen LogP contribution is -2.46. The van der Waals surface area contributed by atoms with Crippen LogP contribution in [0.5, 0.6) is 5.75 Å². The number of hydrogen-bond donors (Lipinski definition) is 0. The lowest BCUT2D eigenvalue weighted by molar-refractivity contribution is -0.384. The summed E-state index contributed by atoms with van der Waals surface area (Å²) in [6.45, 7) is 2.78. The van der Waals surface area contributed by atoms with Crippen molar-refractivity contribution in [3.05, 3.63) is 63.7 Å². The summed E-state index contributed by atoms with van der Waals surface area (Å²) in [5.74, 6) is -0.207. The molecular weight excluding hydrogens is 344 g/mol. The molecule has 0 spiro atoms. The van der Waals surface area contributed by atoms with E-state index in [2.05, 4.69) is 4.90 Å². The number of ether oxygens (including phenoxy) is 1. The molecule has 3 rings (SSSR count). The van der Waals surface area contributed by atoms with E-state index in [1.165, 1.54) is 31.4 Å². The Labute approximate surface area is 149 Å². The first-order valence-corrected chi connectivity index (χ1v) is 8.21. The molecule has 1 aliphatic heterocycles. The fourth-order valence-corrected chi connectivity index (χ4v) is 3.16. The maximum atomic E-state index is 13.5. The van der Waals surface area contributed by atoms with E-state index < -0.39 is 10.7 Å². The van der Waals surface area contributed by atoms with Gasteiger partial charge in [0.25, 0.3) is 5.69 Å². The average Bonchev–Trinajstić information content (AvgIpc) is 2.62. The summed E-state index contributed by atoms with van der Waals surface area (Å²) < 4.78 is 32.3. The molecule has 0 unspecified atom stereocenters. The van der Waals surface area contributed by atoms with Crippen molar-refractivity contribution in [3.63, 3.8) is 0 Å². The first-order valence-electron chi connectivity index (χ1n) is 8.21. The van der Waals surface area contributed by atoms with E-state index in [-0.39, 0.29) is 17.2 Å². The number of anilines is 1. The Morgan fingerprint density at radius 3 is 2.38 bits per heavy atom. The van der Waals surface area contributed by atoms with E-state index in [4.69, 9.17) is 4.74 Å². The van der Waals surface area contributed by atoms with Gasteiger partial charge in [0.1, 0.15) is 23.1 Å². The Morgan fingerprint density at radius 2 is 1.73 bits per heavy atom. The van der Waals surface area contributed by atoms with Gasteiger partial charge >= 0.3 is 0 Å². The zero-order chi connectivity index (χ0) is 18.7. The first kappa shape index (κ1) is 18.1. The summed E-state index contributed by atoms with van der Waals surface area (Å²) in [6.07, 6.45) is 0. The molecule has 2 aromatic rings. The van der Waals surface area contributed by atoms with Gasteiger partial charge in [0, 0.05) is 50.4 Å². The van der Waals surface area contributed by atoms with Crippen LogP contribution in [0.3, 0.4) is 0 Å². The predicted octanol–water partition coefficient (Wildman–Crippen LogP) is 3.20. The van der Waals surface area contributed by atoms with Gasteiger partial charge in [0.05, 0.1) is 12.0 Å². The van der Waals surface area contributed by atoms with Gasteiger partial charge < -0.3 is 9.64 Å². The van der Waals surface area contributed by atoms with Crippen molar-refractivity contribution in [2.75, 3.05) is 38.2 Å². The van der Waals surface area contributed by atoms with Gasteiger partial charge in [-0.1, -0.05) is 0 Å². The Bertz CT molecular complexity index is 808. The highest BCUT2D eigenvalue weighted by molar-refractivity contribution is 5.63. The standard InChI is InChI=1S/C18H19F2N3O3/c1-26-18-5-3-14(19)10-13(18)12-21-6-8-22(9-7-21)17-11-15(20)2-4-16(17)23(24)25/h2-5,10-11H,6-9,12H2,1H3. The molecule has 0 aromatic heterocycles. The fourth-order valence-electron chi connectivity index (χ4n) is 3.16. The molecule has 138 valence electrons. The van der Waals surface area contributed by atoms with Crippen molar-refractivity contribution in [1.29, 1.82) is 0 Å². The van der Waals surface area contributed by atoms with E-state index in [0.717, 1.165) is 11.6 Å². The molecule has 6 nitrogen and oxygen atoms in total. The summed E-state index contributed by atoms with van der Waals surface area (Å²) in [5, 5.41) is 11.2. The van der Waals surface area contributed by atoms with E-state index in [0.29, 0.717) is 38.5 Å². The molecule has 0 bridgehead atoms. The number of nitrogens with zero attached hydrogens (tertiary/aromatic N) is 3. The highest BCUT2D eigenvalue weighted by Gasteiger charge is 2.24. The molecule has 0 radical (unpaired) electrons. The SMILES string of the molecule is COc1ccc(F)cc1CN1CCN(c2cc(F)ccc2[N+](=O)[O-])CC1. The second kappa shape index (κ2) is 7.65. The smallest absolute Gasteiger partial charge is 0.292 e. The van der Waals surface area contributed by atoms with Crippen LogP contribution in [-0.2, 0) is 6.54 Å². The Kier molecular flexibility index (Phi) is 5.32. The summed E-state index contributed by atoms with van der Waals surface area (Å²) in [4.78, 5) is 14.6. The maximum Gasteiger partial charge on any atom is 0.292 e. The molecule has 8 heteroatoms. The number of nitro groups is 1. The van der Waals surface area contributed by atoms with Crippen molar-refractivity contribution in [2.45, 2.75) is 6.54 Å². The third kappa shape index (κ3) is 3.91. The summed E-state index contributed by atoms with van der Waals surface area (Å²) >= 11 is 0. The van der Waals surface area contributed by atoms with Gasteiger partial charge in [0.15, 0.2) is 0 Å². The Balaban J connectivity index is 1.70. The topological polar surface area (TPSA) is 58.8 Å². The number of halogens is 2. The van der Waals surface area contributed by atoms with E-state index >= 15 is 0 Å². The molecule has 1 heterocycles. The fraction of sp³-hybridized carbons (Fsp3) is 0.333. The van der Waals surface area contributed by atoms with Crippen molar-refractivity contribution >= 4 is 11.4 Å². The number of methoxy groups -OCH3 is 1. The normalized spacial score (nSPS) is 15.1. The summed E-state index contributed by atoms with van der Waals surface area (Å²) in [6, 6.07) is 7.87. The van der Waals surface area contributed by atoms with E-state index in [1.807, 2.05) is 0 Å². The molecule has 0 aliphatic carbocycles. The Hall–Kier alpha value is -2.74. The monoisotopic (exact) mass is 363 g/mol. The van der Waals surface area contributed by atoms with Gasteiger partial charge in [-0.2, -0.15) is 0 Å². The second-order valence-electron chi connectivity index (χ2n) is 6.11. The molecule has 2 aromatic carbocycles. The third-order valence-electron chi connectivity index (χ3n) is 4.48. The van der Waals surface area contributed by atoms with Crippen LogP contribution in [0.2, 0.25) is 0 Å². The van der Waals surface area contributed by atoms with Crippen LogP contribution in [0.4, 0.5) is 20.2 Å². The zero-order valence-electron chi connectivity index (χ0n) is 14.3. The van der Waals surface area contributed by atoms with Gasteiger partial charge in [-0.25, -0.2) is 8.78 Å². The van der Waals surface area contributed by atoms with Crippen LogP contribution < -0.4 is 9.64 Å². The minimum absolute atomic E-state index is 0.105. The first-order chi connectivity index (χ1) is 12.5. The van der Waals surface area contributed by atoms with Gasteiger partial charge in [-0.15, -0.1) is 0 Å².